The molecule has 3 nitrogen and oxygen atoms in total. The van der Waals surface area contributed by atoms with E-state index in [9.17, 15) is 9.18 Å². The average molecular weight is 235 g/mol. The Balaban J connectivity index is 2.95. The second kappa shape index (κ2) is 6.66. The van der Waals surface area contributed by atoms with E-state index in [2.05, 4.69) is 11.8 Å². The summed E-state index contributed by atoms with van der Waals surface area (Å²) >= 11 is 0. The fourth-order valence-electron chi connectivity index (χ4n) is 1.21. The van der Waals surface area contributed by atoms with Crippen LogP contribution in [0.3, 0.4) is 0 Å². The molecular formula is C13H14FNO2. The highest BCUT2D eigenvalue weighted by Crippen LogP contribution is 2.11. The lowest BCUT2D eigenvalue weighted by Crippen LogP contribution is -2.07. The Morgan fingerprint density at radius 2 is 2.29 bits per heavy atom. The Bertz CT molecular complexity index is 460. The number of halogens is 1. The van der Waals surface area contributed by atoms with Crippen molar-refractivity contribution in [1.29, 1.82) is 0 Å². The molecule has 0 saturated heterocycles. The molecule has 4 heteroatoms. The van der Waals surface area contributed by atoms with E-state index in [1.165, 1.54) is 18.2 Å². The van der Waals surface area contributed by atoms with Crippen LogP contribution in [0, 0.1) is 17.7 Å². The quantitative estimate of drug-likeness (QED) is 0.641. The van der Waals surface area contributed by atoms with E-state index in [0.29, 0.717) is 18.5 Å². The van der Waals surface area contributed by atoms with Crippen molar-refractivity contribution in [2.45, 2.75) is 13.3 Å². The first-order chi connectivity index (χ1) is 8.19. The summed E-state index contributed by atoms with van der Waals surface area (Å²) in [7, 11) is 0. The first kappa shape index (κ1) is 13.2. The highest BCUT2D eigenvalue weighted by molar-refractivity contribution is 5.90. The molecule has 2 N–H and O–H groups in total. The molecule has 0 radical (unpaired) electrons. The lowest BCUT2D eigenvalue weighted by molar-refractivity contribution is 0.0521. The largest absolute Gasteiger partial charge is 0.462 e. The van der Waals surface area contributed by atoms with Crippen molar-refractivity contribution in [3.05, 3.63) is 35.1 Å². The summed E-state index contributed by atoms with van der Waals surface area (Å²) in [5.41, 5.74) is 5.78. The van der Waals surface area contributed by atoms with E-state index in [-0.39, 0.29) is 12.2 Å². The van der Waals surface area contributed by atoms with Crippen LogP contribution in [-0.4, -0.2) is 19.1 Å². The third-order valence-electron chi connectivity index (χ3n) is 1.96. The Labute approximate surface area is 99.8 Å². The van der Waals surface area contributed by atoms with Crippen molar-refractivity contribution in [2.24, 2.45) is 5.73 Å². The molecule has 0 bridgehead atoms. The Morgan fingerprint density at radius 1 is 1.53 bits per heavy atom. The summed E-state index contributed by atoms with van der Waals surface area (Å²) in [6, 6.07) is 4.11. The number of ether oxygens (including phenoxy) is 1. The number of nitrogens with two attached hydrogens (primary N) is 1. The molecule has 1 aromatic carbocycles. The fraction of sp³-hybridized carbons (Fsp3) is 0.308. The molecule has 0 heterocycles. The molecule has 0 spiro atoms. The van der Waals surface area contributed by atoms with Gasteiger partial charge < -0.3 is 10.5 Å². The molecule has 1 rings (SSSR count). The fourth-order valence-corrected chi connectivity index (χ4v) is 1.21. The minimum absolute atomic E-state index is 0.0913. The van der Waals surface area contributed by atoms with Crippen LogP contribution in [0.25, 0.3) is 0 Å². The normalized spacial score (nSPS) is 9.35. The zero-order valence-electron chi connectivity index (χ0n) is 9.63. The molecule has 17 heavy (non-hydrogen) atoms. The van der Waals surface area contributed by atoms with Gasteiger partial charge >= 0.3 is 5.97 Å². The topological polar surface area (TPSA) is 52.3 Å². The van der Waals surface area contributed by atoms with Crippen LogP contribution in [0.4, 0.5) is 4.39 Å². The smallest absolute Gasteiger partial charge is 0.341 e. The standard InChI is InChI=1S/C13H14FNO2/c1-2-17-13(16)11-9-10(5-3-4-8-15)6-7-12(11)14/h6-7,9H,2,4,8,15H2,1H3. The van der Waals surface area contributed by atoms with Crippen molar-refractivity contribution in [3.63, 3.8) is 0 Å². The van der Waals surface area contributed by atoms with E-state index in [4.69, 9.17) is 10.5 Å². The first-order valence-electron chi connectivity index (χ1n) is 5.34. The highest BCUT2D eigenvalue weighted by Gasteiger charge is 2.12. The molecule has 0 unspecified atom stereocenters. The zero-order chi connectivity index (χ0) is 12.7. The molecule has 0 atom stereocenters. The van der Waals surface area contributed by atoms with Crippen molar-refractivity contribution in [2.75, 3.05) is 13.2 Å². The molecule has 0 saturated carbocycles. The Morgan fingerprint density at radius 3 is 2.94 bits per heavy atom. The summed E-state index contributed by atoms with van der Waals surface area (Å²) in [4.78, 5) is 11.4. The van der Waals surface area contributed by atoms with Crippen molar-refractivity contribution < 1.29 is 13.9 Å². The van der Waals surface area contributed by atoms with Crippen LogP contribution in [-0.2, 0) is 4.74 Å². The first-order valence-corrected chi connectivity index (χ1v) is 5.34. The number of hydrogen-bond acceptors (Lipinski definition) is 3. The summed E-state index contributed by atoms with van der Waals surface area (Å²) in [5.74, 6) is 4.35. The van der Waals surface area contributed by atoms with Gasteiger partial charge in [0.25, 0.3) is 0 Å². The van der Waals surface area contributed by atoms with Gasteiger partial charge in [-0.05, 0) is 25.1 Å². The Hall–Kier alpha value is -1.86. The van der Waals surface area contributed by atoms with Crippen molar-refractivity contribution >= 4 is 5.97 Å². The molecule has 90 valence electrons. The van der Waals surface area contributed by atoms with E-state index >= 15 is 0 Å². The van der Waals surface area contributed by atoms with Gasteiger partial charge in [-0.3, -0.25) is 0 Å². The number of carbonyl (C=O) groups is 1. The van der Waals surface area contributed by atoms with E-state index in [1.54, 1.807) is 6.92 Å². The maximum absolute atomic E-state index is 13.4. The van der Waals surface area contributed by atoms with E-state index in [0.717, 1.165) is 0 Å². The molecular weight excluding hydrogens is 221 g/mol. The van der Waals surface area contributed by atoms with Crippen LogP contribution in [0.2, 0.25) is 0 Å². The van der Waals surface area contributed by atoms with E-state index < -0.39 is 11.8 Å². The van der Waals surface area contributed by atoms with Crippen molar-refractivity contribution in [3.8, 4) is 11.8 Å². The molecule has 0 amide bonds. The number of rotatable bonds is 3. The van der Waals surface area contributed by atoms with Crippen LogP contribution in [0.15, 0.2) is 18.2 Å². The molecule has 0 aliphatic rings. The molecule has 1 aromatic rings. The Kier molecular flexibility index (Phi) is 5.18. The molecule has 0 aliphatic carbocycles. The maximum atomic E-state index is 13.4. The molecule has 0 fully saturated rings. The van der Waals surface area contributed by atoms with E-state index in [1.807, 2.05) is 0 Å². The van der Waals surface area contributed by atoms with Gasteiger partial charge in [0.1, 0.15) is 5.82 Å². The third kappa shape index (κ3) is 3.89. The predicted molar refractivity (Wildman–Crippen MR) is 62.9 cm³/mol. The lowest BCUT2D eigenvalue weighted by atomic mass is 10.1. The minimum Gasteiger partial charge on any atom is -0.462 e. The summed E-state index contributed by atoms with van der Waals surface area (Å²) in [6.45, 7) is 2.35. The molecule has 0 aliphatic heterocycles. The second-order valence-electron chi connectivity index (χ2n) is 3.26. The summed E-state index contributed by atoms with van der Waals surface area (Å²) in [5, 5.41) is 0. The van der Waals surface area contributed by atoms with Gasteiger partial charge in [0.2, 0.25) is 0 Å². The van der Waals surface area contributed by atoms with Crippen molar-refractivity contribution in [1.82, 2.24) is 0 Å². The number of benzene rings is 1. The number of esters is 1. The van der Waals surface area contributed by atoms with Crippen LogP contribution in [0.1, 0.15) is 29.3 Å². The average Bonchev–Trinajstić information content (AvgIpc) is 2.32. The van der Waals surface area contributed by atoms with Gasteiger partial charge in [-0.2, -0.15) is 0 Å². The van der Waals surface area contributed by atoms with Gasteiger partial charge in [-0.1, -0.05) is 11.8 Å². The molecule has 0 aromatic heterocycles. The number of carbonyl (C=O) groups excluding carboxylic acids is 1. The predicted octanol–water partition coefficient (Wildman–Crippen LogP) is 1.70. The number of hydrogen-bond donors (Lipinski definition) is 1. The van der Waals surface area contributed by atoms with Crippen LogP contribution in [0.5, 0.6) is 0 Å². The van der Waals surface area contributed by atoms with Crippen LogP contribution >= 0.6 is 0 Å². The van der Waals surface area contributed by atoms with Gasteiger partial charge in [0.15, 0.2) is 0 Å². The minimum atomic E-state index is -0.674. The monoisotopic (exact) mass is 235 g/mol. The van der Waals surface area contributed by atoms with Gasteiger partial charge in [0, 0.05) is 18.5 Å². The van der Waals surface area contributed by atoms with Gasteiger partial charge in [0.05, 0.1) is 12.2 Å². The highest BCUT2D eigenvalue weighted by atomic mass is 19.1. The zero-order valence-corrected chi connectivity index (χ0v) is 9.63. The maximum Gasteiger partial charge on any atom is 0.341 e. The summed E-state index contributed by atoms with van der Waals surface area (Å²) in [6.07, 6.45) is 0.562. The summed E-state index contributed by atoms with van der Waals surface area (Å²) < 4.78 is 18.1. The third-order valence-corrected chi connectivity index (χ3v) is 1.96. The van der Waals surface area contributed by atoms with Gasteiger partial charge in [-0.15, -0.1) is 0 Å². The lowest BCUT2D eigenvalue weighted by Gasteiger charge is -2.03. The van der Waals surface area contributed by atoms with Gasteiger partial charge in [-0.25, -0.2) is 9.18 Å². The van der Waals surface area contributed by atoms with Crippen LogP contribution < -0.4 is 5.73 Å². The SMILES string of the molecule is CCOC(=O)c1cc(C#CCCN)ccc1F. The second-order valence-corrected chi connectivity index (χ2v) is 3.26.